The molecule has 1 aromatic heterocycles. The number of carbonyl (C=O) groups excluding carboxylic acids is 3. The third-order valence-electron chi connectivity index (χ3n) is 5.75. The number of aryl methyl sites for hydroxylation is 1. The van der Waals surface area contributed by atoms with Crippen molar-refractivity contribution in [2.45, 2.75) is 58.8 Å². The second kappa shape index (κ2) is 10.2. The number of benzene rings is 1. The van der Waals surface area contributed by atoms with Crippen molar-refractivity contribution in [3.63, 3.8) is 0 Å². The molecule has 1 aliphatic heterocycles. The van der Waals surface area contributed by atoms with Crippen LogP contribution >= 0.6 is 0 Å². The monoisotopic (exact) mass is 456 g/mol. The molecule has 9 nitrogen and oxygen atoms in total. The molecular weight excluding hydrogens is 424 g/mol. The lowest BCUT2D eigenvalue weighted by atomic mass is 9.93. The van der Waals surface area contributed by atoms with Crippen molar-refractivity contribution in [3.8, 4) is 0 Å². The van der Waals surface area contributed by atoms with Gasteiger partial charge in [0, 0.05) is 19.7 Å². The molecule has 1 aliphatic rings. The van der Waals surface area contributed by atoms with Gasteiger partial charge in [-0.15, -0.1) is 0 Å². The minimum Gasteiger partial charge on any atom is -0.464 e. The summed E-state index contributed by atoms with van der Waals surface area (Å²) in [5, 5.41) is 2.95. The normalized spacial score (nSPS) is 17.8. The molecule has 2 heterocycles. The maximum Gasteiger partial charge on any atom is 0.359 e. The summed E-state index contributed by atoms with van der Waals surface area (Å²) in [7, 11) is 1.24. The molecule has 178 valence electrons. The molecule has 1 atom stereocenters. The van der Waals surface area contributed by atoms with E-state index in [0.717, 1.165) is 11.1 Å². The predicted octanol–water partition coefficient (Wildman–Crippen LogP) is 2.32. The van der Waals surface area contributed by atoms with Crippen LogP contribution in [0.15, 0.2) is 30.6 Å². The van der Waals surface area contributed by atoms with Crippen molar-refractivity contribution in [1.82, 2.24) is 19.8 Å². The number of esters is 1. The predicted molar refractivity (Wildman–Crippen MR) is 122 cm³/mol. The quantitative estimate of drug-likeness (QED) is 0.459. The Morgan fingerprint density at radius 1 is 1.24 bits per heavy atom. The standard InChI is InChI=1S/C24H32N4O5/c1-16(2)33-12-6-11-25-23(31)24(4)14-27-15-26-19(22(30)32-5)20(27)21(29)28(24)13-18-9-7-17(3)8-10-18/h7-10,15-16H,6,11-14H2,1-5H3,(H,25,31)/t24-/m0/s1. The van der Waals surface area contributed by atoms with E-state index in [4.69, 9.17) is 9.47 Å². The molecule has 0 spiro atoms. The molecule has 33 heavy (non-hydrogen) atoms. The number of ether oxygens (including phenoxy) is 2. The van der Waals surface area contributed by atoms with Crippen molar-refractivity contribution < 1.29 is 23.9 Å². The van der Waals surface area contributed by atoms with Gasteiger partial charge in [0.1, 0.15) is 11.2 Å². The number of nitrogens with zero attached hydrogens (tertiary/aromatic N) is 3. The van der Waals surface area contributed by atoms with Crippen LogP contribution < -0.4 is 5.32 Å². The SMILES string of the molecule is COC(=O)c1ncn2c1C(=O)N(Cc1ccc(C)cc1)[C@](C)(C(=O)NCCCOC(C)C)C2. The van der Waals surface area contributed by atoms with Gasteiger partial charge in [-0.05, 0) is 39.7 Å². The first kappa shape index (κ1) is 24.4. The van der Waals surface area contributed by atoms with Crippen LogP contribution in [0, 0.1) is 6.92 Å². The van der Waals surface area contributed by atoms with Crippen LogP contribution in [0.1, 0.15) is 59.3 Å². The van der Waals surface area contributed by atoms with Gasteiger partial charge in [0.05, 0.1) is 26.1 Å². The number of methoxy groups -OCH3 is 1. The summed E-state index contributed by atoms with van der Waals surface area (Å²) in [4.78, 5) is 44.8. The molecule has 9 heteroatoms. The van der Waals surface area contributed by atoms with E-state index in [1.807, 2.05) is 45.0 Å². The third-order valence-corrected chi connectivity index (χ3v) is 5.75. The molecule has 0 aliphatic carbocycles. The summed E-state index contributed by atoms with van der Waals surface area (Å²) in [6.07, 6.45) is 2.20. The van der Waals surface area contributed by atoms with Crippen LogP contribution in [-0.2, 0) is 27.4 Å². The largest absolute Gasteiger partial charge is 0.464 e. The summed E-state index contributed by atoms with van der Waals surface area (Å²) in [5.41, 5.74) is 0.876. The number of aromatic nitrogens is 2. The van der Waals surface area contributed by atoms with E-state index in [1.165, 1.54) is 18.3 Å². The van der Waals surface area contributed by atoms with Crippen molar-refractivity contribution in [2.75, 3.05) is 20.3 Å². The maximum absolute atomic E-state index is 13.6. The molecule has 0 saturated heterocycles. The molecular formula is C24H32N4O5. The molecule has 0 radical (unpaired) electrons. The number of rotatable bonds is 9. The van der Waals surface area contributed by atoms with Gasteiger partial charge in [0.25, 0.3) is 5.91 Å². The zero-order valence-electron chi connectivity index (χ0n) is 19.9. The molecule has 0 saturated carbocycles. The van der Waals surface area contributed by atoms with Gasteiger partial charge in [-0.2, -0.15) is 0 Å². The summed E-state index contributed by atoms with van der Waals surface area (Å²) < 4.78 is 11.9. The Hall–Kier alpha value is -3.20. The molecule has 0 unspecified atom stereocenters. The maximum atomic E-state index is 13.6. The number of hydrogen-bond donors (Lipinski definition) is 1. The van der Waals surface area contributed by atoms with E-state index in [-0.39, 0.29) is 36.5 Å². The van der Waals surface area contributed by atoms with Crippen LogP contribution in [0.25, 0.3) is 0 Å². The molecule has 2 amide bonds. The van der Waals surface area contributed by atoms with Crippen LogP contribution in [-0.4, -0.2) is 64.1 Å². The Labute approximate surface area is 194 Å². The number of nitrogens with one attached hydrogen (secondary N) is 1. The van der Waals surface area contributed by atoms with Crippen LogP contribution in [0.5, 0.6) is 0 Å². The van der Waals surface area contributed by atoms with Crippen molar-refractivity contribution >= 4 is 17.8 Å². The van der Waals surface area contributed by atoms with Gasteiger partial charge in [-0.3, -0.25) is 9.59 Å². The Morgan fingerprint density at radius 2 is 1.94 bits per heavy atom. The number of carbonyl (C=O) groups is 3. The smallest absolute Gasteiger partial charge is 0.359 e. The Morgan fingerprint density at radius 3 is 2.58 bits per heavy atom. The number of imidazole rings is 1. The van der Waals surface area contributed by atoms with Crippen molar-refractivity contribution in [3.05, 3.63) is 53.1 Å². The summed E-state index contributed by atoms with van der Waals surface area (Å²) in [6.45, 7) is 8.98. The first-order valence-corrected chi connectivity index (χ1v) is 11.1. The average molecular weight is 457 g/mol. The van der Waals surface area contributed by atoms with Gasteiger partial charge in [-0.1, -0.05) is 29.8 Å². The second-order valence-electron chi connectivity index (χ2n) is 8.74. The second-order valence-corrected chi connectivity index (χ2v) is 8.74. The molecule has 0 fully saturated rings. The topological polar surface area (TPSA) is 103 Å². The Bertz CT molecular complexity index is 1010. The Balaban J connectivity index is 1.89. The van der Waals surface area contributed by atoms with E-state index >= 15 is 0 Å². The highest BCUT2D eigenvalue weighted by atomic mass is 16.5. The van der Waals surface area contributed by atoms with E-state index in [0.29, 0.717) is 19.6 Å². The lowest BCUT2D eigenvalue weighted by molar-refractivity contribution is -0.133. The molecule has 2 aromatic rings. The van der Waals surface area contributed by atoms with Crippen molar-refractivity contribution in [1.29, 1.82) is 0 Å². The van der Waals surface area contributed by atoms with Gasteiger partial charge in [-0.25, -0.2) is 9.78 Å². The van der Waals surface area contributed by atoms with Crippen LogP contribution in [0.3, 0.4) is 0 Å². The Kier molecular flexibility index (Phi) is 7.53. The lowest BCUT2D eigenvalue weighted by Crippen LogP contribution is -2.63. The number of hydrogen-bond acceptors (Lipinski definition) is 6. The van der Waals surface area contributed by atoms with Gasteiger partial charge < -0.3 is 24.3 Å². The van der Waals surface area contributed by atoms with E-state index in [9.17, 15) is 14.4 Å². The fourth-order valence-electron chi connectivity index (χ4n) is 3.84. The highest BCUT2D eigenvalue weighted by Gasteiger charge is 2.48. The molecule has 1 N–H and O–H groups in total. The summed E-state index contributed by atoms with van der Waals surface area (Å²) >= 11 is 0. The zero-order chi connectivity index (χ0) is 24.2. The van der Waals surface area contributed by atoms with E-state index in [2.05, 4.69) is 10.3 Å². The highest BCUT2D eigenvalue weighted by Crippen LogP contribution is 2.30. The fraction of sp³-hybridized carbons (Fsp3) is 0.500. The molecule has 3 rings (SSSR count). The minimum absolute atomic E-state index is 0.0512. The van der Waals surface area contributed by atoms with E-state index in [1.54, 1.807) is 11.5 Å². The number of amides is 2. The van der Waals surface area contributed by atoms with Crippen molar-refractivity contribution in [2.24, 2.45) is 0 Å². The fourth-order valence-corrected chi connectivity index (χ4v) is 3.84. The first-order valence-electron chi connectivity index (χ1n) is 11.1. The molecule has 1 aromatic carbocycles. The van der Waals surface area contributed by atoms with Gasteiger partial charge in [0.15, 0.2) is 5.69 Å². The summed E-state index contributed by atoms with van der Waals surface area (Å²) in [5.74, 6) is -1.41. The van der Waals surface area contributed by atoms with Crippen LogP contribution in [0.2, 0.25) is 0 Å². The zero-order valence-corrected chi connectivity index (χ0v) is 19.9. The average Bonchev–Trinajstić information content (AvgIpc) is 3.20. The minimum atomic E-state index is -1.18. The lowest BCUT2D eigenvalue weighted by Gasteiger charge is -2.43. The summed E-state index contributed by atoms with van der Waals surface area (Å²) in [6, 6.07) is 7.77. The van der Waals surface area contributed by atoms with Crippen LogP contribution in [0.4, 0.5) is 0 Å². The van der Waals surface area contributed by atoms with E-state index < -0.39 is 17.4 Å². The van der Waals surface area contributed by atoms with Gasteiger partial charge in [0.2, 0.25) is 5.91 Å². The highest BCUT2D eigenvalue weighted by molar-refractivity contribution is 6.06. The first-order chi connectivity index (χ1) is 15.7. The van der Waals surface area contributed by atoms with Gasteiger partial charge >= 0.3 is 5.97 Å². The number of fused-ring (bicyclic) bond motifs is 1. The third kappa shape index (κ3) is 5.24. The molecule has 0 bridgehead atoms.